The number of rotatable bonds is 4. The van der Waals surface area contributed by atoms with E-state index in [9.17, 15) is 9.32 Å². The first kappa shape index (κ1) is 12.9. The predicted octanol–water partition coefficient (Wildman–Crippen LogP) is 1.10. The van der Waals surface area contributed by atoms with Gasteiger partial charge >= 0.3 is 0 Å². The van der Waals surface area contributed by atoms with Gasteiger partial charge in [-0.1, -0.05) is 6.08 Å². The van der Waals surface area contributed by atoms with E-state index in [0.29, 0.717) is 18.0 Å². The van der Waals surface area contributed by atoms with Crippen LogP contribution >= 0.6 is 11.3 Å². The van der Waals surface area contributed by atoms with Gasteiger partial charge in [-0.2, -0.15) is 0 Å². The van der Waals surface area contributed by atoms with Crippen LogP contribution in [-0.4, -0.2) is 26.1 Å². The van der Waals surface area contributed by atoms with Gasteiger partial charge in [0.15, 0.2) is 0 Å². The SMILES string of the molecule is CC(C)(O)c1csc(CNC2C=CS(=O)C2)n1. The summed E-state index contributed by atoms with van der Waals surface area (Å²) in [6, 6.07) is 0.172. The Balaban J connectivity index is 1.90. The molecule has 2 unspecified atom stereocenters. The van der Waals surface area contributed by atoms with Crippen molar-refractivity contribution >= 4 is 22.1 Å². The van der Waals surface area contributed by atoms with Crippen LogP contribution in [0.5, 0.6) is 0 Å². The molecule has 0 saturated carbocycles. The third kappa shape index (κ3) is 3.45. The summed E-state index contributed by atoms with van der Waals surface area (Å²) in [6.07, 6.45) is 1.93. The number of thiazole rings is 1. The molecule has 2 atom stereocenters. The molecular weight excluding hydrogens is 256 g/mol. The average Bonchev–Trinajstić information content (AvgIpc) is 2.82. The molecule has 2 heterocycles. The largest absolute Gasteiger partial charge is 0.384 e. The van der Waals surface area contributed by atoms with Crippen molar-refractivity contribution < 1.29 is 9.32 Å². The maximum atomic E-state index is 11.1. The van der Waals surface area contributed by atoms with Gasteiger partial charge < -0.3 is 10.4 Å². The van der Waals surface area contributed by atoms with Crippen molar-refractivity contribution in [3.05, 3.63) is 27.6 Å². The van der Waals surface area contributed by atoms with Gasteiger partial charge in [0.05, 0.1) is 5.69 Å². The molecule has 94 valence electrons. The highest BCUT2D eigenvalue weighted by Gasteiger charge is 2.20. The van der Waals surface area contributed by atoms with Crippen LogP contribution in [0.3, 0.4) is 0 Å². The van der Waals surface area contributed by atoms with Gasteiger partial charge in [0.2, 0.25) is 0 Å². The monoisotopic (exact) mass is 272 g/mol. The summed E-state index contributed by atoms with van der Waals surface area (Å²) in [6.45, 7) is 4.09. The highest BCUT2D eigenvalue weighted by Crippen LogP contribution is 2.21. The molecule has 2 N–H and O–H groups in total. The zero-order chi connectivity index (χ0) is 12.5. The molecule has 0 saturated heterocycles. The van der Waals surface area contributed by atoms with E-state index in [2.05, 4.69) is 10.3 Å². The van der Waals surface area contributed by atoms with Crippen molar-refractivity contribution in [3.63, 3.8) is 0 Å². The summed E-state index contributed by atoms with van der Waals surface area (Å²) in [5.74, 6) is 0.643. The molecule has 1 aliphatic heterocycles. The van der Waals surface area contributed by atoms with Crippen LogP contribution in [0.15, 0.2) is 16.9 Å². The molecule has 2 rings (SSSR count). The third-order valence-corrected chi connectivity index (χ3v) is 4.50. The van der Waals surface area contributed by atoms with E-state index < -0.39 is 16.4 Å². The summed E-state index contributed by atoms with van der Waals surface area (Å²) in [4.78, 5) is 4.37. The molecule has 0 fully saturated rings. The van der Waals surface area contributed by atoms with E-state index in [0.717, 1.165) is 5.01 Å². The lowest BCUT2D eigenvalue weighted by Gasteiger charge is -2.13. The van der Waals surface area contributed by atoms with Gasteiger partial charge in [-0.25, -0.2) is 4.98 Å². The molecule has 1 aliphatic rings. The lowest BCUT2D eigenvalue weighted by atomic mass is 10.1. The van der Waals surface area contributed by atoms with Gasteiger partial charge in [-0.3, -0.25) is 4.21 Å². The molecule has 1 aromatic heterocycles. The van der Waals surface area contributed by atoms with E-state index in [1.807, 2.05) is 11.5 Å². The Kier molecular flexibility index (Phi) is 3.77. The Morgan fingerprint density at radius 1 is 1.71 bits per heavy atom. The molecule has 4 nitrogen and oxygen atoms in total. The van der Waals surface area contributed by atoms with Gasteiger partial charge in [0.25, 0.3) is 0 Å². The second kappa shape index (κ2) is 4.97. The smallest absolute Gasteiger partial charge is 0.107 e. The van der Waals surface area contributed by atoms with Crippen molar-refractivity contribution in [1.29, 1.82) is 0 Å². The standard InChI is InChI=1S/C11H16N2O2S2/c1-11(2,14)9-6-16-10(13-9)5-12-8-3-4-17(15)7-8/h3-4,6,8,12,14H,5,7H2,1-2H3. The lowest BCUT2D eigenvalue weighted by Crippen LogP contribution is -2.28. The van der Waals surface area contributed by atoms with Crippen LogP contribution < -0.4 is 5.32 Å². The normalized spacial score (nSPS) is 24.4. The number of aromatic nitrogens is 1. The van der Waals surface area contributed by atoms with Crippen molar-refractivity contribution in [3.8, 4) is 0 Å². The fourth-order valence-corrected chi connectivity index (χ4v) is 3.45. The van der Waals surface area contributed by atoms with Crippen molar-refractivity contribution in [1.82, 2.24) is 10.3 Å². The Morgan fingerprint density at radius 3 is 3.00 bits per heavy atom. The Morgan fingerprint density at radius 2 is 2.47 bits per heavy atom. The molecule has 0 radical (unpaired) electrons. The van der Waals surface area contributed by atoms with Gasteiger partial charge in [-0.05, 0) is 13.8 Å². The van der Waals surface area contributed by atoms with Gasteiger partial charge in [-0.15, -0.1) is 11.3 Å². The van der Waals surface area contributed by atoms with Crippen LogP contribution in [-0.2, 0) is 22.9 Å². The maximum Gasteiger partial charge on any atom is 0.107 e. The molecule has 1 aromatic rings. The Labute approximate surface area is 107 Å². The van der Waals surface area contributed by atoms with E-state index in [1.165, 1.54) is 11.3 Å². The minimum Gasteiger partial charge on any atom is -0.384 e. The highest BCUT2D eigenvalue weighted by molar-refractivity contribution is 7.88. The van der Waals surface area contributed by atoms with Crippen molar-refractivity contribution in [2.24, 2.45) is 0 Å². The van der Waals surface area contributed by atoms with E-state index in [4.69, 9.17) is 0 Å². The molecule has 6 heteroatoms. The Hall–Kier alpha value is -0.560. The molecular formula is C11H16N2O2S2. The fourth-order valence-electron chi connectivity index (χ4n) is 1.49. The zero-order valence-electron chi connectivity index (χ0n) is 9.84. The van der Waals surface area contributed by atoms with Crippen LogP contribution in [0.25, 0.3) is 0 Å². The van der Waals surface area contributed by atoms with Crippen LogP contribution in [0, 0.1) is 0 Å². The maximum absolute atomic E-state index is 11.1. The van der Waals surface area contributed by atoms with Gasteiger partial charge in [0, 0.05) is 39.9 Å². The topological polar surface area (TPSA) is 62.2 Å². The summed E-state index contributed by atoms with van der Waals surface area (Å²) in [7, 11) is -0.820. The van der Waals surface area contributed by atoms with Crippen LogP contribution in [0.2, 0.25) is 0 Å². The molecule has 0 aromatic carbocycles. The molecule has 0 spiro atoms. The predicted molar refractivity (Wildman–Crippen MR) is 70.1 cm³/mol. The first-order valence-corrected chi connectivity index (χ1v) is 7.67. The van der Waals surface area contributed by atoms with Crippen LogP contribution in [0.1, 0.15) is 24.5 Å². The summed E-state index contributed by atoms with van der Waals surface area (Å²) in [5, 5.41) is 17.6. The zero-order valence-corrected chi connectivity index (χ0v) is 11.5. The number of hydrogen-bond acceptors (Lipinski definition) is 5. The average molecular weight is 272 g/mol. The summed E-state index contributed by atoms with van der Waals surface area (Å²) >= 11 is 1.53. The van der Waals surface area contributed by atoms with E-state index in [-0.39, 0.29) is 6.04 Å². The quantitative estimate of drug-likeness (QED) is 0.862. The second-order valence-electron chi connectivity index (χ2n) is 4.55. The molecule has 0 aliphatic carbocycles. The number of aliphatic hydroxyl groups is 1. The van der Waals surface area contributed by atoms with Gasteiger partial charge in [0.1, 0.15) is 10.6 Å². The second-order valence-corrected chi connectivity index (χ2v) is 6.86. The first-order chi connectivity index (χ1) is 7.95. The van der Waals surface area contributed by atoms with Crippen molar-refractivity contribution in [2.75, 3.05) is 5.75 Å². The van der Waals surface area contributed by atoms with Crippen LogP contribution in [0.4, 0.5) is 0 Å². The highest BCUT2D eigenvalue weighted by atomic mass is 32.2. The fraction of sp³-hybridized carbons (Fsp3) is 0.545. The lowest BCUT2D eigenvalue weighted by molar-refractivity contribution is 0.0743. The molecule has 0 amide bonds. The van der Waals surface area contributed by atoms with Crippen molar-refractivity contribution in [2.45, 2.75) is 32.0 Å². The molecule has 0 bridgehead atoms. The summed E-state index contributed by atoms with van der Waals surface area (Å²) in [5.41, 5.74) is -0.186. The molecule has 17 heavy (non-hydrogen) atoms. The minimum atomic E-state index is -0.885. The summed E-state index contributed by atoms with van der Waals surface area (Å²) < 4.78 is 11.1. The third-order valence-electron chi connectivity index (χ3n) is 2.50. The first-order valence-electron chi connectivity index (χ1n) is 5.41. The minimum absolute atomic E-state index is 0.172. The number of nitrogens with zero attached hydrogens (tertiary/aromatic N) is 1. The van der Waals surface area contributed by atoms with E-state index in [1.54, 1.807) is 19.3 Å². The number of hydrogen-bond donors (Lipinski definition) is 2. The van der Waals surface area contributed by atoms with E-state index >= 15 is 0 Å². The number of nitrogens with one attached hydrogen (secondary N) is 1. The Bertz CT molecular complexity index is 449.